The van der Waals surface area contributed by atoms with Crippen molar-refractivity contribution in [2.75, 3.05) is 18.1 Å². The lowest BCUT2D eigenvalue weighted by Crippen LogP contribution is -2.38. The first-order valence-electron chi connectivity index (χ1n) is 3.88. The molecule has 1 aliphatic heterocycles. The van der Waals surface area contributed by atoms with Crippen LogP contribution in [0, 0.1) is 0 Å². The zero-order valence-electron chi connectivity index (χ0n) is 6.51. The highest BCUT2D eigenvalue weighted by atomic mass is 32.2. The summed E-state index contributed by atoms with van der Waals surface area (Å²) in [7, 11) is 0. The average Bonchev–Trinajstić information content (AvgIpc) is 2.03. The van der Waals surface area contributed by atoms with Gasteiger partial charge in [0.2, 0.25) is 5.91 Å². The van der Waals surface area contributed by atoms with Crippen molar-refractivity contribution in [3.63, 3.8) is 0 Å². The van der Waals surface area contributed by atoms with Crippen molar-refractivity contribution in [3.05, 3.63) is 0 Å². The molecular formula is C7H14N2OS. The van der Waals surface area contributed by atoms with E-state index in [1.54, 1.807) is 0 Å². The van der Waals surface area contributed by atoms with Gasteiger partial charge in [0, 0.05) is 6.04 Å². The zero-order valence-corrected chi connectivity index (χ0v) is 7.32. The van der Waals surface area contributed by atoms with Crippen molar-refractivity contribution in [1.82, 2.24) is 5.32 Å². The topological polar surface area (TPSA) is 55.1 Å². The van der Waals surface area contributed by atoms with E-state index in [1.165, 1.54) is 11.5 Å². The number of rotatable bonds is 3. The van der Waals surface area contributed by atoms with Gasteiger partial charge in [0.1, 0.15) is 0 Å². The van der Waals surface area contributed by atoms with Gasteiger partial charge in [-0.2, -0.15) is 11.8 Å². The van der Waals surface area contributed by atoms with E-state index in [1.807, 2.05) is 11.8 Å². The van der Waals surface area contributed by atoms with Gasteiger partial charge in [-0.3, -0.25) is 4.79 Å². The van der Waals surface area contributed by atoms with Crippen LogP contribution >= 0.6 is 11.8 Å². The summed E-state index contributed by atoms with van der Waals surface area (Å²) in [6.45, 7) is 0.329. The fourth-order valence-corrected chi connectivity index (χ4v) is 2.25. The van der Waals surface area contributed by atoms with Crippen LogP contribution in [0.4, 0.5) is 0 Å². The van der Waals surface area contributed by atoms with E-state index in [0.717, 1.165) is 12.8 Å². The number of hydrogen-bond acceptors (Lipinski definition) is 3. The Bertz CT molecular complexity index is 134. The quantitative estimate of drug-likeness (QED) is 0.631. The van der Waals surface area contributed by atoms with Crippen LogP contribution in [-0.2, 0) is 4.79 Å². The molecule has 0 aromatic rings. The standard InChI is InChI=1S/C7H14N2OS/c8-7(10)5-9-6-1-3-11-4-2-6/h6,9H,1-5H2,(H2,8,10). The van der Waals surface area contributed by atoms with Gasteiger partial charge in [-0.05, 0) is 24.3 Å². The molecule has 0 unspecified atom stereocenters. The molecule has 4 heteroatoms. The van der Waals surface area contributed by atoms with Gasteiger partial charge in [0.15, 0.2) is 0 Å². The average molecular weight is 174 g/mol. The van der Waals surface area contributed by atoms with Gasteiger partial charge >= 0.3 is 0 Å². The van der Waals surface area contributed by atoms with E-state index >= 15 is 0 Å². The van der Waals surface area contributed by atoms with Crippen molar-refractivity contribution in [3.8, 4) is 0 Å². The number of primary amides is 1. The second-order valence-corrected chi connectivity index (χ2v) is 3.96. The number of carbonyl (C=O) groups excluding carboxylic acids is 1. The lowest BCUT2D eigenvalue weighted by molar-refractivity contribution is -0.117. The molecule has 1 fully saturated rings. The first-order chi connectivity index (χ1) is 5.29. The fraction of sp³-hybridized carbons (Fsp3) is 0.857. The third kappa shape index (κ3) is 3.62. The molecule has 1 amide bonds. The van der Waals surface area contributed by atoms with Crippen LogP contribution in [0.2, 0.25) is 0 Å². The van der Waals surface area contributed by atoms with Crippen LogP contribution in [0.25, 0.3) is 0 Å². The molecule has 1 saturated heterocycles. The number of hydrogen-bond donors (Lipinski definition) is 2. The monoisotopic (exact) mass is 174 g/mol. The Kier molecular flexibility index (Phi) is 3.72. The predicted molar refractivity (Wildman–Crippen MR) is 47.5 cm³/mol. The van der Waals surface area contributed by atoms with Crippen LogP contribution in [0.3, 0.4) is 0 Å². The summed E-state index contributed by atoms with van der Waals surface area (Å²) in [4.78, 5) is 10.4. The highest BCUT2D eigenvalue weighted by Crippen LogP contribution is 2.16. The Labute approximate surface area is 71.1 Å². The summed E-state index contributed by atoms with van der Waals surface area (Å²) >= 11 is 1.98. The third-order valence-corrected chi connectivity index (χ3v) is 2.84. The van der Waals surface area contributed by atoms with Gasteiger partial charge in [-0.25, -0.2) is 0 Å². The van der Waals surface area contributed by atoms with E-state index < -0.39 is 0 Å². The molecule has 0 radical (unpaired) electrons. The van der Waals surface area contributed by atoms with Crippen molar-refractivity contribution in [1.29, 1.82) is 0 Å². The molecule has 1 heterocycles. The van der Waals surface area contributed by atoms with Gasteiger partial charge < -0.3 is 11.1 Å². The molecule has 1 aliphatic rings. The molecule has 0 saturated carbocycles. The molecule has 64 valence electrons. The Balaban J connectivity index is 2.09. The maximum Gasteiger partial charge on any atom is 0.231 e. The predicted octanol–water partition coefficient (Wildman–Crippen LogP) is -0.0431. The Morgan fingerprint density at radius 2 is 2.18 bits per heavy atom. The number of amides is 1. The molecule has 11 heavy (non-hydrogen) atoms. The molecule has 3 N–H and O–H groups in total. The van der Waals surface area contributed by atoms with Crippen molar-refractivity contribution in [2.45, 2.75) is 18.9 Å². The summed E-state index contributed by atoms with van der Waals surface area (Å²) in [5.74, 6) is 2.15. The first kappa shape index (κ1) is 8.87. The highest BCUT2D eigenvalue weighted by Gasteiger charge is 2.12. The van der Waals surface area contributed by atoms with Gasteiger partial charge in [-0.1, -0.05) is 0 Å². The van der Waals surface area contributed by atoms with Crippen LogP contribution in [0.5, 0.6) is 0 Å². The molecule has 0 aromatic heterocycles. The van der Waals surface area contributed by atoms with E-state index in [0.29, 0.717) is 12.6 Å². The lowest BCUT2D eigenvalue weighted by atomic mass is 10.1. The first-order valence-corrected chi connectivity index (χ1v) is 5.04. The summed E-state index contributed by atoms with van der Waals surface area (Å²) in [5.41, 5.74) is 5.00. The molecule has 0 spiro atoms. The summed E-state index contributed by atoms with van der Waals surface area (Å²) in [6.07, 6.45) is 2.33. The Morgan fingerprint density at radius 1 is 1.55 bits per heavy atom. The Hall–Kier alpha value is -0.220. The fourth-order valence-electron chi connectivity index (χ4n) is 1.15. The summed E-state index contributed by atoms with van der Waals surface area (Å²) < 4.78 is 0. The van der Waals surface area contributed by atoms with Gasteiger partial charge in [0.25, 0.3) is 0 Å². The molecule has 0 atom stereocenters. The normalized spacial score (nSPS) is 20.0. The second kappa shape index (κ2) is 4.62. The molecular weight excluding hydrogens is 160 g/mol. The third-order valence-electron chi connectivity index (χ3n) is 1.79. The van der Waals surface area contributed by atoms with Crippen molar-refractivity contribution >= 4 is 17.7 Å². The zero-order chi connectivity index (χ0) is 8.10. The smallest absolute Gasteiger partial charge is 0.231 e. The van der Waals surface area contributed by atoms with Crippen LogP contribution in [0.15, 0.2) is 0 Å². The maximum atomic E-state index is 10.4. The highest BCUT2D eigenvalue weighted by molar-refractivity contribution is 7.99. The van der Waals surface area contributed by atoms with Crippen molar-refractivity contribution < 1.29 is 4.79 Å². The minimum atomic E-state index is -0.261. The number of nitrogens with two attached hydrogens (primary N) is 1. The molecule has 0 aliphatic carbocycles. The number of carbonyl (C=O) groups is 1. The SMILES string of the molecule is NC(=O)CNC1CCSCC1. The molecule has 3 nitrogen and oxygen atoms in total. The van der Waals surface area contributed by atoms with E-state index in [4.69, 9.17) is 5.73 Å². The number of nitrogens with one attached hydrogen (secondary N) is 1. The maximum absolute atomic E-state index is 10.4. The van der Waals surface area contributed by atoms with E-state index in [2.05, 4.69) is 5.32 Å². The lowest BCUT2D eigenvalue weighted by Gasteiger charge is -2.21. The van der Waals surface area contributed by atoms with Gasteiger partial charge in [0.05, 0.1) is 6.54 Å². The minimum absolute atomic E-state index is 0.261. The van der Waals surface area contributed by atoms with Crippen LogP contribution < -0.4 is 11.1 Å². The molecule has 0 aromatic carbocycles. The van der Waals surface area contributed by atoms with Gasteiger partial charge in [-0.15, -0.1) is 0 Å². The molecule has 1 rings (SSSR count). The van der Waals surface area contributed by atoms with E-state index in [-0.39, 0.29) is 5.91 Å². The Morgan fingerprint density at radius 3 is 2.73 bits per heavy atom. The van der Waals surface area contributed by atoms with E-state index in [9.17, 15) is 4.79 Å². The second-order valence-electron chi connectivity index (χ2n) is 2.73. The molecule has 0 bridgehead atoms. The van der Waals surface area contributed by atoms with Crippen LogP contribution in [-0.4, -0.2) is 30.0 Å². The number of thioether (sulfide) groups is 1. The summed E-state index contributed by atoms with van der Waals surface area (Å²) in [6, 6.07) is 0.517. The summed E-state index contributed by atoms with van der Waals surface area (Å²) in [5, 5.41) is 3.13. The minimum Gasteiger partial charge on any atom is -0.369 e. The van der Waals surface area contributed by atoms with Crippen molar-refractivity contribution in [2.24, 2.45) is 5.73 Å². The van der Waals surface area contributed by atoms with Crippen LogP contribution in [0.1, 0.15) is 12.8 Å². The largest absolute Gasteiger partial charge is 0.369 e.